The number of esters is 1. The van der Waals surface area contributed by atoms with Crippen LogP contribution in [-0.2, 0) is 14.3 Å². The third-order valence-corrected chi connectivity index (χ3v) is 3.74. The summed E-state index contributed by atoms with van der Waals surface area (Å²) in [6.07, 6.45) is 2.81. The third kappa shape index (κ3) is 5.32. The fourth-order valence-corrected chi connectivity index (χ4v) is 2.57. The molecule has 0 saturated carbocycles. The average Bonchev–Trinajstić information content (AvgIpc) is 2.61. The topological polar surface area (TPSA) is 79.2 Å². The van der Waals surface area contributed by atoms with Crippen LogP contribution < -0.4 is 5.32 Å². The molecule has 2 aromatic carbocycles. The smallest absolute Gasteiger partial charge is 0.331 e. The van der Waals surface area contributed by atoms with Crippen molar-refractivity contribution in [3.05, 3.63) is 70.3 Å². The van der Waals surface area contributed by atoms with Crippen molar-refractivity contribution >= 4 is 23.6 Å². The molecule has 26 heavy (non-hydrogen) atoms. The van der Waals surface area contributed by atoms with E-state index in [1.54, 1.807) is 30.3 Å². The van der Waals surface area contributed by atoms with Crippen molar-refractivity contribution in [3.8, 4) is 6.07 Å². The zero-order valence-corrected chi connectivity index (χ0v) is 15.0. The summed E-state index contributed by atoms with van der Waals surface area (Å²) in [5.74, 6) is -0.998. The average molecular weight is 348 g/mol. The number of nitrogens with zero attached hydrogens (tertiary/aromatic N) is 1. The fraction of sp³-hybridized carbons (Fsp3) is 0.190. The second-order valence-electron chi connectivity index (χ2n) is 6.00. The number of anilines is 1. The van der Waals surface area contributed by atoms with Gasteiger partial charge in [-0.15, -0.1) is 0 Å². The summed E-state index contributed by atoms with van der Waals surface area (Å²) in [6.45, 7) is 5.47. The number of benzene rings is 2. The molecule has 1 N–H and O–H groups in total. The molecule has 132 valence electrons. The van der Waals surface area contributed by atoms with Crippen molar-refractivity contribution < 1.29 is 14.3 Å². The summed E-state index contributed by atoms with van der Waals surface area (Å²) >= 11 is 0. The number of carbonyl (C=O) groups is 2. The van der Waals surface area contributed by atoms with Crippen molar-refractivity contribution in [1.29, 1.82) is 5.26 Å². The van der Waals surface area contributed by atoms with E-state index in [2.05, 4.69) is 5.32 Å². The van der Waals surface area contributed by atoms with Crippen LogP contribution in [0.2, 0.25) is 0 Å². The molecule has 0 aliphatic carbocycles. The van der Waals surface area contributed by atoms with Crippen LogP contribution in [0.25, 0.3) is 6.08 Å². The molecule has 5 heteroatoms. The Hall–Kier alpha value is -3.39. The second kappa shape index (κ2) is 8.63. The quantitative estimate of drug-likeness (QED) is 0.660. The third-order valence-electron chi connectivity index (χ3n) is 3.74. The molecular weight excluding hydrogens is 328 g/mol. The van der Waals surface area contributed by atoms with Crippen LogP contribution in [0.4, 0.5) is 5.69 Å². The number of rotatable bonds is 5. The van der Waals surface area contributed by atoms with Gasteiger partial charge in [0.15, 0.2) is 6.61 Å². The van der Waals surface area contributed by atoms with Crippen LogP contribution in [0.15, 0.2) is 42.5 Å². The van der Waals surface area contributed by atoms with Gasteiger partial charge in [0.05, 0.1) is 11.6 Å². The number of nitriles is 1. The summed E-state index contributed by atoms with van der Waals surface area (Å²) < 4.78 is 4.96. The number of hydrogen-bond acceptors (Lipinski definition) is 4. The molecule has 2 aromatic rings. The van der Waals surface area contributed by atoms with Gasteiger partial charge in [0.25, 0.3) is 5.91 Å². The highest BCUT2D eigenvalue weighted by molar-refractivity contribution is 5.95. The van der Waals surface area contributed by atoms with E-state index in [0.717, 1.165) is 27.9 Å². The molecule has 0 spiro atoms. The molecule has 1 amide bonds. The highest BCUT2D eigenvalue weighted by Crippen LogP contribution is 2.21. The van der Waals surface area contributed by atoms with Crippen molar-refractivity contribution in [2.75, 3.05) is 11.9 Å². The Balaban J connectivity index is 1.88. The lowest BCUT2D eigenvalue weighted by Crippen LogP contribution is -2.21. The fourth-order valence-electron chi connectivity index (χ4n) is 2.57. The van der Waals surface area contributed by atoms with E-state index in [0.29, 0.717) is 5.56 Å². The van der Waals surface area contributed by atoms with Gasteiger partial charge in [-0.25, -0.2) is 4.79 Å². The molecule has 0 fully saturated rings. The molecule has 0 radical (unpaired) electrons. The Bertz CT molecular complexity index is 867. The first-order valence-electron chi connectivity index (χ1n) is 8.11. The van der Waals surface area contributed by atoms with Gasteiger partial charge in [-0.2, -0.15) is 5.26 Å². The first kappa shape index (κ1) is 18.9. The number of hydrogen-bond donors (Lipinski definition) is 1. The maximum atomic E-state index is 12.0. The Morgan fingerprint density at radius 2 is 1.73 bits per heavy atom. The molecule has 0 saturated heterocycles. The number of ether oxygens (including phenoxy) is 1. The van der Waals surface area contributed by atoms with E-state index in [9.17, 15) is 9.59 Å². The van der Waals surface area contributed by atoms with Gasteiger partial charge in [0.2, 0.25) is 0 Å². The molecule has 0 heterocycles. The normalized spacial score (nSPS) is 10.4. The highest BCUT2D eigenvalue weighted by Gasteiger charge is 2.10. The Kier molecular flexibility index (Phi) is 6.29. The van der Waals surface area contributed by atoms with E-state index in [-0.39, 0.29) is 12.5 Å². The van der Waals surface area contributed by atoms with Crippen LogP contribution >= 0.6 is 0 Å². The lowest BCUT2D eigenvalue weighted by Gasteiger charge is -2.12. The van der Waals surface area contributed by atoms with Gasteiger partial charge in [0.1, 0.15) is 0 Å². The zero-order chi connectivity index (χ0) is 19.1. The molecule has 0 aliphatic rings. The van der Waals surface area contributed by atoms with Gasteiger partial charge < -0.3 is 10.1 Å². The van der Waals surface area contributed by atoms with Crippen LogP contribution in [0.5, 0.6) is 0 Å². The van der Waals surface area contributed by atoms with Crippen molar-refractivity contribution in [1.82, 2.24) is 0 Å². The molecule has 0 atom stereocenters. The maximum absolute atomic E-state index is 12.0. The van der Waals surface area contributed by atoms with Gasteiger partial charge in [-0.05, 0) is 55.7 Å². The minimum Gasteiger partial charge on any atom is -0.452 e. The summed E-state index contributed by atoms with van der Waals surface area (Å²) in [7, 11) is 0. The lowest BCUT2D eigenvalue weighted by molar-refractivity contribution is -0.142. The van der Waals surface area contributed by atoms with Gasteiger partial charge in [-0.3, -0.25) is 4.79 Å². The molecule has 5 nitrogen and oxygen atoms in total. The van der Waals surface area contributed by atoms with Crippen LogP contribution in [0.1, 0.15) is 27.8 Å². The predicted molar refractivity (Wildman–Crippen MR) is 100 cm³/mol. The molecule has 2 rings (SSSR count). The standard InChI is InChI=1S/C21H20N2O3/c1-14-10-15(2)21(16(3)11-14)23-19(24)13-26-20(25)9-8-17-4-6-18(12-22)7-5-17/h4-11H,13H2,1-3H3,(H,23,24)/b9-8+. The Morgan fingerprint density at radius 1 is 1.12 bits per heavy atom. The highest BCUT2D eigenvalue weighted by atomic mass is 16.5. The van der Waals surface area contributed by atoms with Crippen molar-refractivity contribution in [2.24, 2.45) is 0 Å². The first-order chi connectivity index (χ1) is 12.4. The molecule has 0 bridgehead atoms. The summed E-state index contributed by atoms with van der Waals surface area (Å²) in [4.78, 5) is 23.7. The van der Waals surface area contributed by atoms with Gasteiger partial charge in [0, 0.05) is 11.8 Å². The minimum atomic E-state index is -0.609. The minimum absolute atomic E-state index is 0.358. The van der Waals surface area contributed by atoms with Crippen LogP contribution in [0, 0.1) is 32.1 Å². The summed E-state index contributed by atoms with van der Waals surface area (Å²) in [5, 5.41) is 11.5. The number of carbonyl (C=O) groups excluding carboxylic acids is 2. The number of aryl methyl sites for hydroxylation is 3. The van der Waals surface area contributed by atoms with E-state index in [1.807, 2.05) is 39.0 Å². The van der Waals surface area contributed by atoms with E-state index >= 15 is 0 Å². The summed E-state index contributed by atoms with van der Waals surface area (Å²) in [5.41, 5.74) is 5.09. The molecular formula is C21H20N2O3. The van der Waals surface area contributed by atoms with Crippen molar-refractivity contribution in [3.63, 3.8) is 0 Å². The SMILES string of the molecule is Cc1cc(C)c(NC(=O)COC(=O)/C=C/c2ccc(C#N)cc2)c(C)c1. The van der Waals surface area contributed by atoms with E-state index in [1.165, 1.54) is 6.08 Å². The molecule has 0 aliphatic heterocycles. The van der Waals surface area contributed by atoms with Crippen molar-refractivity contribution in [2.45, 2.75) is 20.8 Å². The van der Waals surface area contributed by atoms with E-state index < -0.39 is 5.97 Å². The van der Waals surface area contributed by atoms with Gasteiger partial charge >= 0.3 is 5.97 Å². The Morgan fingerprint density at radius 3 is 2.31 bits per heavy atom. The predicted octanol–water partition coefficient (Wildman–Crippen LogP) is 3.68. The van der Waals surface area contributed by atoms with Crippen LogP contribution in [0.3, 0.4) is 0 Å². The largest absolute Gasteiger partial charge is 0.452 e. The lowest BCUT2D eigenvalue weighted by atomic mass is 10.1. The van der Waals surface area contributed by atoms with Gasteiger partial charge in [-0.1, -0.05) is 29.8 Å². The van der Waals surface area contributed by atoms with Crippen LogP contribution in [-0.4, -0.2) is 18.5 Å². The first-order valence-corrected chi connectivity index (χ1v) is 8.11. The second-order valence-corrected chi connectivity index (χ2v) is 6.00. The molecule has 0 unspecified atom stereocenters. The maximum Gasteiger partial charge on any atom is 0.331 e. The molecule has 0 aromatic heterocycles. The Labute approximate surface area is 152 Å². The van der Waals surface area contributed by atoms with E-state index in [4.69, 9.17) is 10.00 Å². The summed E-state index contributed by atoms with van der Waals surface area (Å²) in [6, 6.07) is 12.7. The zero-order valence-electron chi connectivity index (χ0n) is 15.0. The number of amides is 1. The monoisotopic (exact) mass is 348 g/mol. The number of nitrogens with one attached hydrogen (secondary N) is 1.